The normalized spacial score (nSPS) is 14.5. The maximum Gasteiger partial charge on any atom is 0.331 e. The first kappa shape index (κ1) is 15.2. The van der Waals surface area contributed by atoms with E-state index in [-0.39, 0.29) is 5.56 Å². The predicted molar refractivity (Wildman–Crippen MR) is 68.7 cm³/mol. The zero-order valence-electron chi connectivity index (χ0n) is 11.2. The van der Waals surface area contributed by atoms with Gasteiger partial charge in [-0.3, -0.25) is 9.59 Å². The molecule has 0 heterocycles. The van der Waals surface area contributed by atoms with Crippen LogP contribution in [0.15, 0.2) is 30.3 Å². The Hall–Kier alpha value is -1.88. The van der Waals surface area contributed by atoms with Crippen molar-refractivity contribution in [2.24, 2.45) is 0 Å². The van der Waals surface area contributed by atoms with Gasteiger partial charge in [0.05, 0.1) is 6.61 Å². The van der Waals surface area contributed by atoms with Crippen molar-refractivity contribution in [1.29, 1.82) is 0 Å². The van der Waals surface area contributed by atoms with Crippen LogP contribution in [-0.4, -0.2) is 34.4 Å². The van der Waals surface area contributed by atoms with Gasteiger partial charge in [-0.05, 0) is 26.3 Å². The fourth-order valence-electron chi connectivity index (χ4n) is 1.64. The molecular weight excluding hydrogens is 248 g/mol. The van der Waals surface area contributed by atoms with Crippen LogP contribution in [0.1, 0.15) is 26.3 Å². The highest BCUT2D eigenvalue weighted by Crippen LogP contribution is 2.28. The largest absolute Gasteiger partial charge is 0.480 e. The molecule has 1 rings (SSSR count). The number of hydrogen-bond donors (Lipinski definition) is 2. The van der Waals surface area contributed by atoms with Crippen molar-refractivity contribution in [2.75, 3.05) is 6.61 Å². The van der Waals surface area contributed by atoms with Crippen LogP contribution in [0.3, 0.4) is 0 Å². The van der Waals surface area contributed by atoms with E-state index in [1.807, 2.05) is 0 Å². The molecular formula is C14H18O5. The first-order valence-electron chi connectivity index (χ1n) is 5.87. The van der Waals surface area contributed by atoms with Crippen molar-refractivity contribution < 1.29 is 24.5 Å². The van der Waals surface area contributed by atoms with E-state index < -0.39 is 29.6 Å². The lowest BCUT2D eigenvalue weighted by atomic mass is 9.81. The molecule has 5 nitrogen and oxygen atoms in total. The zero-order valence-corrected chi connectivity index (χ0v) is 11.2. The fourth-order valence-corrected chi connectivity index (χ4v) is 1.64. The molecule has 0 saturated heterocycles. The summed E-state index contributed by atoms with van der Waals surface area (Å²) in [5.41, 5.74) is -2.73. The second-order valence-corrected chi connectivity index (χ2v) is 5.24. The van der Waals surface area contributed by atoms with Crippen molar-refractivity contribution in [1.82, 2.24) is 0 Å². The molecule has 0 aliphatic carbocycles. The second kappa shape index (κ2) is 5.40. The highest BCUT2D eigenvalue weighted by atomic mass is 16.6. The summed E-state index contributed by atoms with van der Waals surface area (Å²) in [6, 6.07) is 7.87. The number of aliphatic carboxylic acids is 1. The smallest absolute Gasteiger partial charge is 0.331 e. The quantitative estimate of drug-likeness (QED) is 0.634. The molecule has 0 aliphatic rings. The Morgan fingerprint density at radius 3 is 2.05 bits per heavy atom. The average molecular weight is 266 g/mol. The number of hydrogen-bond acceptors (Lipinski definition) is 4. The molecule has 5 heteroatoms. The van der Waals surface area contributed by atoms with Crippen molar-refractivity contribution >= 4 is 11.9 Å². The van der Waals surface area contributed by atoms with Crippen LogP contribution in [0, 0.1) is 0 Å². The van der Waals surface area contributed by atoms with E-state index in [0.717, 1.165) is 0 Å². The van der Waals surface area contributed by atoms with Crippen LogP contribution in [0.2, 0.25) is 0 Å². The van der Waals surface area contributed by atoms with E-state index in [2.05, 4.69) is 0 Å². The van der Waals surface area contributed by atoms with E-state index in [0.29, 0.717) is 0 Å². The summed E-state index contributed by atoms with van der Waals surface area (Å²) >= 11 is 0. The Kier molecular flexibility index (Phi) is 4.32. The number of carbonyl (C=O) groups excluding carboxylic acids is 1. The Morgan fingerprint density at radius 1 is 1.16 bits per heavy atom. The molecule has 0 fully saturated rings. The lowest BCUT2D eigenvalue weighted by Crippen LogP contribution is -2.50. The molecule has 104 valence electrons. The Morgan fingerprint density at radius 2 is 1.68 bits per heavy atom. The maximum absolute atomic E-state index is 12.2. The number of ether oxygens (including phenoxy) is 1. The monoisotopic (exact) mass is 266 g/mol. The zero-order chi connectivity index (χ0) is 14.7. The molecule has 0 saturated carbocycles. The third kappa shape index (κ3) is 3.12. The fraction of sp³-hybridized carbons (Fsp3) is 0.429. The average Bonchev–Trinajstić information content (AvgIpc) is 2.29. The SMILES string of the molecule is CC(C)(C)OC(=O)C(CO)(C(=O)O)c1ccccc1. The number of aliphatic hydroxyl groups is 1. The number of carboxylic acid groups (broad SMARTS) is 1. The van der Waals surface area contributed by atoms with Crippen LogP contribution in [-0.2, 0) is 19.7 Å². The lowest BCUT2D eigenvalue weighted by molar-refractivity contribution is -0.172. The summed E-state index contributed by atoms with van der Waals surface area (Å²) in [5, 5.41) is 18.9. The summed E-state index contributed by atoms with van der Waals surface area (Å²) in [7, 11) is 0. The van der Waals surface area contributed by atoms with E-state index in [1.54, 1.807) is 39.0 Å². The molecule has 0 bridgehead atoms. The van der Waals surface area contributed by atoms with Crippen LogP contribution < -0.4 is 0 Å². The van der Waals surface area contributed by atoms with Gasteiger partial charge in [0.25, 0.3) is 0 Å². The molecule has 0 radical (unpaired) electrons. The number of esters is 1. The molecule has 0 spiro atoms. The molecule has 19 heavy (non-hydrogen) atoms. The summed E-state index contributed by atoms with van der Waals surface area (Å²) in [4.78, 5) is 23.7. The molecule has 0 amide bonds. The molecule has 0 aliphatic heterocycles. The van der Waals surface area contributed by atoms with Crippen molar-refractivity contribution in [3.63, 3.8) is 0 Å². The Labute approximate surface area is 111 Å². The van der Waals surface area contributed by atoms with E-state index in [1.165, 1.54) is 12.1 Å². The predicted octanol–water partition coefficient (Wildman–Crippen LogP) is 1.34. The number of carbonyl (C=O) groups is 2. The third-order valence-electron chi connectivity index (χ3n) is 2.62. The van der Waals surface area contributed by atoms with Crippen LogP contribution >= 0.6 is 0 Å². The number of aliphatic hydroxyl groups excluding tert-OH is 1. The standard InChI is InChI=1S/C14H18O5/c1-13(2,3)19-12(18)14(9-15,11(16)17)10-7-5-4-6-8-10/h4-8,15H,9H2,1-3H3,(H,16,17). The summed E-state index contributed by atoms with van der Waals surface area (Å²) < 4.78 is 5.13. The molecule has 0 aromatic heterocycles. The minimum Gasteiger partial charge on any atom is -0.480 e. The summed E-state index contributed by atoms with van der Waals surface area (Å²) in [6.45, 7) is 4.06. The van der Waals surface area contributed by atoms with Gasteiger partial charge in [-0.25, -0.2) is 0 Å². The third-order valence-corrected chi connectivity index (χ3v) is 2.62. The van der Waals surface area contributed by atoms with Crippen LogP contribution in [0.5, 0.6) is 0 Å². The number of benzene rings is 1. The van der Waals surface area contributed by atoms with Gasteiger partial charge in [0.2, 0.25) is 5.41 Å². The first-order chi connectivity index (χ1) is 8.74. The van der Waals surface area contributed by atoms with Gasteiger partial charge < -0.3 is 14.9 Å². The molecule has 1 aromatic carbocycles. The van der Waals surface area contributed by atoms with Crippen molar-refractivity contribution in [2.45, 2.75) is 31.8 Å². The van der Waals surface area contributed by atoms with E-state index >= 15 is 0 Å². The van der Waals surface area contributed by atoms with Gasteiger partial charge in [-0.2, -0.15) is 0 Å². The molecule has 1 aromatic rings. The minimum absolute atomic E-state index is 0.194. The van der Waals surface area contributed by atoms with Crippen LogP contribution in [0.25, 0.3) is 0 Å². The van der Waals surface area contributed by atoms with Gasteiger partial charge in [0, 0.05) is 0 Å². The Balaban J connectivity index is 3.29. The second-order valence-electron chi connectivity index (χ2n) is 5.24. The summed E-state index contributed by atoms with van der Waals surface area (Å²) in [5.74, 6) is -2.41. The number of rotatable bonds is 4. The molecule has 2 N–H and O–H groups in total. The van der Waals surface area contributed by atoms with E-state index in [9.17, 15) is 19.8 Å². The minimum atomic E-state index is -2.09. The van der Waals surface area contributed by atoms with Crippen molar-refractivity contribution in [3.8, 4) is 0 Å². The topological polar surface area (TPSA) is 83.8 Å². The van der Waals surface area contributed by atoms with E-state index in [4.69, 9.17) is 4.74 Å². The molecule has 1 unspecified atom stereocenters. The van der Waals surface area contributed by atoms with Gasteiger partial charge >= 0.3 is 11.9 Å². The summed E-state index contributed by atoms with van der Waals surface area (Å²) in [6.07, 6.45) is 0. The van der Waals surface area contributed by atoms with Gasteiger partial charge in [0.1, 0.15) is 5.60 Å². The van der Waals surface area contributed by atoms with Crippen LogP contribution in [0.4, 0.5) is 0 Å². The van der Waals surface area contributed by atoms with Gasteiger partial charge in [-0.1, -0.05) is 30.3 Å². The lowest BCUT2D eigenvalue weighted by Gasteiger charge is -2.30. The number of carboxylic acids is 1. The highest BCUT2D eigenvalue weighted by molar-refractivity contribution is 6.05. The maximum atomic E-state index is 12.2. The molecule has 1 atom stereocenters. The Bertz CT molecular complexity index is 460. The van der Waals surface area contributed by atoms with Crippen molar-refractivity contribution in [3.05, 3.63) is 35.9 Å². The highest BCUT2D eigenvalue weighted by Gasteiger charge is 2.50. The van der Waals surface area contributed by atoms with Gasteiger partial charge in [-0.15, -0.1) is 0 Å². The van der Waals surface area contributed by atoms with Gasteiger partial charge in [0.15, 0.2) is 0 Å². The first-order valence-corrected chi connectivity index (χ1v) is 5.87.